The Labute approximate surface area is 151 Å². The molecule has 0 radical (unpaired) electrons. The lowest BCUT2D eigenvalue weighted by Gasteiger charge is -2.26. The molecule has 0 spiro atoms. The fourth-order valence-electron chi connectivity index (χ4n) is 2.72. The first kappa shape index (κ1) is 19.7. The number of carbonyl (C=O) groups is 1. The van der Waals surface area contributed by atoms with Gasteiger partial charge in [0.1, 0.15) is 11.6 Å². The largest absolute Gasteiger partial charge is 0.493 e. The van der Waals surface area contributed by atoms with E-state index in [-0.39, 0.29) is 17.7 Å². The van der Waals surface area contributed by atoms with Crippen molar-refractivity contribution in [2.45, 2.75) is 6.04 Å². The average Bonchev–Trinajstić information content (AvgIpc) is 2.62. The summed E-state index contributed by atoms with van der Waals surface area (Å²) in [6, 6.07) is 7.95. The summed E-state index contributed by atoms with van der Waals surface area (Å²) < 4.78 is 38.6. The Bertz CT molecular complexity index is 761. The van der Waals surface area contributed by atoms with Crippen LogP contribution in [-0.4, -0.2) is 45.7 Å². The fourth-order valence-corrected chi connectivity index (χ4v) is 2.72. The summed E-state index contributed by atoms with van der Waals surface area (Å²) in [6.07, 6.45) is 0. The lowest BCUT2D eigenvalue weighted by molar-refractivity contribution is 0.0937. The van der Waals surface area contributed by atoms with Crippen molar-refractivity contribution >= 4 is 5.91 Å². The molecule has 1 unspecified atom stereocenters. The lowest BCUT2D eigenvalue weighted by Crippen LogP contribution is -2.35. The zero-order valence-corrected chi connectivity index (χ0v) is 15.2. The fraction of sp³-hybridized carbons (Fsp3) is 0.316. The number of halogens is 2. The van der Waals surface area contributed by atoms with Gasteiger partial charge < -0.3 is 19.7 Å². The molecule has 140 valence electrons. The highest BCUT2D eigenvalue weighted by molar-refractivity contribution is 5.97. The summed E-state index contributed by atoms with van der Waals surface area (Å²) in [5.41, 5.74) is 0.189. The van der Waals surface area contributed by atoms with Crippen molar-refractivity contribution in [1.29, 1.82) is 0 Å². The van der Waals surface area contributed by atoms with Crippen LogP contribution in [0.15, 0.2) is 36.4 Å². The van der Waals surface area contributed by atoms with Gasteiger partial charge in [-0.3, -0.25) is 4.79 Å². The highest BCUT2D eigenvalue weighted by Crippen LogP contribution is 2.31. The molecule has 0 fully saturated rings. The number of carbonyl (C=O) groups excluding carboxylic acids is 1. The van der Waals surface area contributed by atoms with Gasteiger partial charge in [-0.05, 0) is 38.4 Å². The van der Waals surface area contributed by atoms with Crippen molar-refractivity contribution in [3.05, 3.63) is 59.2 Å². The number of rotatable bonds is 7. The molecule has 1 amide bonds. The zero-order valence-electron chi connectivity index (χ0n) is 15.2. The van der Waals surface area contributed by atoms with Crippen molar-refractivity contribution in [3.63, 3.8) is 0 Å². The van der Waals surface area contributed by atoms with E-state index in [0.717, 1.165) is 0 Å². The minimum Gasteiger partial charge on any atom is -0.493 e. The van der Waals surface area contributed by atoms with Crippen molar-refractivity contribution < 1.29 is 23.0 Å². The third-order valence-corrected chi connectivity index (χ3v) is 4.06. The Hall–Kier alpha value is -2.67. The Kier molecular flexibility index (Phi) is 6.52. The Morgan fingerprint density at radius 2 is 1.69 bits per heavy atom. The normalized spacial score (nSPS) is 12.0. The summed E-state index contributed by atoms with van der Waals surface area (Å²) in [4.78, 5) is 14.2. The maximum atomic E-state index is 14.1. The van der Waals surface area contributed by atoms with Gasteiger partial charge in [-0.15, -0.1) is 0 Å². The topological polar surface area (TPSA) is 50.8 Å². The number of para-hydroxylation sites is 1. The van der Waals surface area contributed by atoms with Crippen LogP contribution in [0.3, 0.4) is 0 Å². The molecule has 0 aromatic heterocycles. The van der Waals surface area contributed by atoms with Gasteiger partial charge in [0.2, 0.25) is 0 Å². The van der Waals surface area contributed by atoms with Crippen molar-refractivity contribution in [2.24, 2.45) is 0 Å². The number of likely N-dealkylation sites (N-methyl/N-ethyl adjacent to an activating group) is 1. The van der Waals surface area contributed by atoms with Crippen LogP contribution in [0.4, 0.5) is 8.78 Å². The van der Waals surface area contributed by atoms with Gasteiger partial charge in [-0.25, -0.2) is 8.78 Å². The first-order valence-corrected chi connectivity index (χ1v) is 8.00. The highest BCUT2D eigenvalue weighted by atomic mass is 19.1. The third-order valence-electron chi connectivity index (χ3n) is 4.06. The van der Waals surface area contributed by atoms with E-state index in [0.29, 0.717) is 11.5 Å². The maximum Gasteiger partial charge on any atom is 0.255 e. The Morgan fingerprint density at radius 1 is 1.08 bits per heavy atom. The SMILES string of the molecule is COc1cccc(C(=O)NCC(c2c(F)cccc2F)N(C)C)c1OC. The quantitative estimate of drug-likeness (QED) is 0.821. The molecule has 26 heavy (non-hydrogen) atoms. The van der Waals surface area contributed by atoms with E-state index < -0.39 is 23.6 Å². The standard InChI is InChI=1S/C19H22F2N2O3/c1-23(2)15(17-13(20)8-6-9-14(17)21)11-22-19(24)12-7-5-10-16(25-3)18(12)26-4/h5-10,15H,11H2,1-4H3,(H,22,24). The molecule has 5 nitrogen and oxygen atoms in total. The van der Waals surface area contributed by atoms with E-state index in [2.05, 4.69) is 5.32 Å². The van der Waals surface area contributed by atoms with Gasteiger partial charge in [-0.2, -0.15) is 0 Å². The molecule has 0 heterocycles. The molecule has 2 aromatic carbocycles. The molecule has 1 atom stereocenters. The first-order chi connectivity index (χ1) is 12.4. The molecular formula is C19H22F2N2O3. The van der Waals surface area contributed by atoms with Crippen molar-refractivity contribution in [2.75, 3.05) is 34.9 Å². The van der Waals surface area contributed by atoms with E-state index in [4.69, 9.17) is 9.47 Å². The van der Waals surface area contributed by atoms with Crippen LogP contribution >= 0.6 is 0 Å². The van der Waals surface area contributed by atoms with E-state index in [1.165, 1.54) is 32.4 Å². The second-order valence-corrected chi connectivity index (χ2v) is 5.87. The van der Waals surface area contributed by atoms with Crippen LogP contribution in [-0.2, 0) is 0 Å². The molecule has 0 bridgehead atoms. The molecule has 0 aliphatic rings. The van der Waals surface area contributed by atoms with Gasteiger partial charge in [0.25, 0.3) is 5.91 Å². The maximum absolute atomic E-state index is 14.1. The molecular weight excluding hydrogens is 342 g/mol. The van der Waals surface area contributed by atoms with Crippen molar-refractivity contribution in [1.82, 2.24) is 10.2 Å². The van der Waals surface area contributed by atoms with Gasteiger partial charge in [0.05, 0.1) is 25.8 Å². The molecule has 0 saturated heterocycles. The summed E-state index contributed by atoms with van der Waals surface area (Å²) in [5, 5.41) is 2.71. The van der Waals surface area contributed by atoms with Gasteiger partial charge in [0.15, 0.2) is 11.5 Å². The summed E-state index contributed by atoms with van der Waals surface area (Å²) in [7, 11) is 6.29. The average molecular weight is 364 g/mol. The number of methoxy groups -OCH3 is 2. The molecule has 0 saturated carbocycles. The van der Waals surface area contributed by atoms with E-state index >= 15 is 0 Å². The van der Waals surface area contributed by atoms with Crippen LogP contribution in [0.25, 0.3) is 0 Å². The number of hydrogen-bond acceptors (Lipinski definition) is 4. The van der Waals surface area contributed by atoms with Crippen LogP contribution in [0.2, 0.25) is 0 Å². The minimum atomic E-state index is -0.670. The summed E-state index contributed by atoms with van der Waals surface area (Å²) in [6.45, 7) is 0.0179. The first-order valence-electron chi connectivity index (χ1n) is 8.00. The van der Waals surface area contributed by atoms with Crippen molar-refractivity contribution in [3.8, 4) is 11.5 Å². The molecule has 0 aliphatic heterocycles. The number of hydrogen-bond donors (Lipinski definition) is 1. The van der Waals surface area contributed by atoms with Gasteiger partial charge in [0, 0.05) is 12.1 Å². The molecule has 2 rings (SSSR count). The molecule has 2 aromatic rings. The number of nitrogens with one attached hydrogen (secondary N) is 1. The highest BCUT2D eigenvalue weighted by Gasteiger charge is 2.24. The van der Waals surface area contributed by atoms with Crippen LogP contribution in [0.5, 0.6) is 11.5 Å². The summed E-state index contributed by atoms with van der Waals surface area (Å²) in [5.74, 6) is -1.02. The minimum absolute atomic E-state index is 0.0179. The van der Waals surface area contributed by atoms with Crippen LogP contribution < -0.4 is 14.8 Å². The Morgan fingerprint density at radius 3 is 2.23 bits per heavy atom. The number of amides is 1. The third kappa shape index (κ3) is 4.11. The predicted molar refractivity (Wildman–Crippen MR) is 94.7 cm³/mol. The second kappa shape index (κ2) is 8.62. The van der Waals surface area contributed by atoms with E-state index in [1.54, 1.807) is 37.2 Å². The van der Waals surface area contributed by atoms with E-state index in [9.17, 15) is 13.6 Å². The van der Waals surface area contributed by atoms with Gasteiger partial charge in [-0.1, -0.05) is 12.1 Å². The molecule has 7 heteroatoms. The van der Waals surface area contributed by atoms with Gasteiger partial charge >= 0.3 is 0 Å². The zero-order chi connectivity index (χ0) is 19.3. The Balaban J connectivity index is 2.24. The molecule has 0 aliphatic carbocycles. The summed E-state index contributed by atoms with van der Waals surface area (Å²) >= 11 is 0. The molecule has 1 N–H and O–H groups in total. The number of nitrogens with zero attached hydrogens (tertiary/aromatic N) is 1. The number of benzene rings is 2. The van der Waals surface area contributed by atoms with E-state index in [1.807, 2.05) is 0 Å². The monoisotopic (exact) mass is 364 g/mol. The lowest BCUT2D eigenvalue weighted by atomic mass is 10.0. The van der Waals surface area contributed by atoms with Crippen LogP contribution in [0.1, 0.15) is 22.0 Å². The predicted octanol–water partition coefficient (Wildman–Crippen LogP) is 3.01. The van der Waals surface area contributed by atoms with Crippen LogP contribution in [0, 0.1) is 11.6 Å². The number of ether oxygens (including phenoxy) is 2. The second-order valence-electron chi connectivity index (χ2n) is 5.87. The smallest absolute Gasteiger partial charge is 0.255 e.